The number of benzene rings is 1. The Morgan fingerprint density at radius 3 is 2.86 bits per heavy atom. The van der Waals surface area contributed by atoms with Crippen molar-refractivity contribution in [2.45, 2.75) is 6.10 Å². The number of nitrogens with two attached hydrogens (primary N) is 1. The molecule has 0 aliphatic carbocycles. The van der Waals surface area contributed by atoms with Crippen molar-refractivity contribution in [3.8, 4) is 5.75 Å². The van der Waals surface area contributed by atoms with Crippen LogP contribution < -0.4 is 11.1 Å². The lowest BCUT2D eigenvalue weighted by Crippen LogP contribution is -2.11. The molecule has 5 nitrogen and oxygen atoms in total. The summed E-state index contributed by atoms with van der Waals surface area (Å²) in [5.41, 5.74) is 6.07. The standard InChI is InChI=1S/C9H12N2O3/c10-4-9(14)6-1-2-8(13)7(3-6)11-5-12/h1-3,5,9,13-14H,4,10H2,(H,11,12). The zero-order valence-electron chi connectivity index (χ0n) is 7.47. The summed E-state index contributed by atoms with van der Waals surface area (Å²) in [5.74, 6) is -0.0509. The Morgan fingerprint density at radius 1 is 1.57 bits per heavy atom. The van der Waals surface area contributed by atoms with Gasteiger partial charge in [0.25, 0.3) is 0 Å². The number of carbonyl (C=O) groups excluding carboxylic acids is 1. The van der Waals surface area contributed by atoms with E-state index in [1.165, 1.54) is 12.1 Å². The maximum absolute atomic E-state index is 10.2. The number of phenols is 1. The third-order valence-corrected chi connectivity index (χ3v) is 1.84. The Bertz CT molecular complexity index is 328. The number of aromatic hydroxyl groups is 1. The molecule has 0 saturated carbocycles. The number of aliphatic hydroxyl groups excluding tert-OH is 1. The van der Waals surface area contributed by atoms with E-state index < -0.39 is 6.10 Å². The van der Waals surface area contributed by atoms with E-state index in [-0.39, 0.29) is 18.0 Å². The second-order valence-corrected chi connectivity index (χ2v) is 2.79. The van der Waals surface area contributed by atoms with Crippen LogP contribution in [-0.4, -0.2) is 23.2 Å². The fourth-order valence-corrected chi connectivity index (χ4v) is 1.08. The van der Waals surface area contributed by atoms with Gasteiger partial charge in [-0.15, -0.1) is 0 Å². The third kappa shape index (κ3) is 2.21. The van der Waals surface area contributed by atoms with Crippen LogP contribution in [-0.2, 0) is 4.79 Å². The average molecular weight is 196 g/mol. The van der Waals surface area contributed by atoms with Crippen LogP contribution in [0, 0.1) is 0 Å². The van der Waals surface area contributed by atoms with Crippen LogP contribution in [0.1, 0.15) is 11.7 Å². The summed E-state index contributed by atoms with van der Waals surface area (Å²) < 4.78 is 0. The molecule has 0 saturated heterocycles. The van der Waals surface area contributed by atoms with Gasteiger partial charge in [0, 0.05) is 6.54 Å². The molecule has 14 heavy (non-hydrogen) atoms. The lowest BCUT2D eigenvalue weighted by molar-refractivity contribution is -0.105. The van der Waals surface area contributed by atoms with Crippen molar-refractivity contribution in [3.63, 3.8) is 0 Å². The molecule has 1 amide bonds. The minimum atomic E-state index is -0.789. The highest BCUT2D eigenvalue weighted by atomic mass is 16.3. The molecule has 1 atom stereocenters. The van der Waals surface area contributed by atoms with Gasteiger partial charge in [-0.2, -0.15) is 0 Å². The molecule has 1 rings (SSSR count). The molecular weight excluding hydrogens is 184 g/mol. The predicted molar refractivity (Wildman–Crippen MR) is 51.8 cm³/mol. The molecule has 1 aromatic rings. The van der Waals surface area contributed by atoms with Crippen LogP contribution in [0.5, 0.6) is 5.75 Å². The Morgan fingerprint density at radius 2 is 2.29 bits per heavy atom. The third-order valence-electron chi connectivity index (χ3n) is 1.84. The van der Waals surface area contributed by atoms with E-state index in [1.54, 1.807) is 6.07 Å². The molecule has 5 N–H and O–H groups in total. The summed E-state index contributed by atoms with van der Waals surface area (Å²) in [7, 11) is 0. The van der Waals surface area contributed by atoms with Crippen LogP contribution in [0.25, 0.3) is 0 Å². The fourth-order valence-electron chi connectivity index (χ4n) is 1.08. The molecule has 0 bridgehead atoms. The molecule has 1 unspecified atom stereocenters. The van der Waals surface area contributed by atoms with Crippen LogP contribution >= 0.6 is 0 Å². The minimum Gasteiger partial charge on any atom is -0.506 e. The molecule has 76 valence electrons. The van der Waals surface area contributed by atoms with Crippen molar-refractivity contribution in [3.05, 3.63) is 23.8 Å². The smallest absolute Gasteiger partial charge is 0.211 e. The van der Waals surface area contributed by atoms with Crippen molar-refractivity contribution in [1.82, 2.24) is 0 Å². The van der Waals surface area contributed by atoms with Gasteiger partial charge in [-0.3, -0.25) is 4.79 Å². The van der Waals surface area contributed by atoms with Crippen molar-refractivity contribution in [1.29, 1.82) is 0 Å². The van der Waals surface area contributed by atoms with Gasteiger partial charge in [-0.05, 0) is 17.7 Å². The molecule has 0 fully saturated rings. The average Bonchev–Trinajstić information content (AvgIpc) is 2.20. The highest BCUT2D eigenvalue weighted by molar-refractivity contribution is 5.75. The molecule has 0 radical (unpaired) electrons. The van der Waals surface area contributed by atoms with E-state index in [0.717, 1.165) is 0 Å². The summed E-state index contributed by atoms with van der Waals surface area (Å²) in [4.78, 5) is 10.2. The first-order valence-corrected chi connectivity index (χ1v) is 4.10. The molecule has 0 aliphatic heterocycles. The van der Waals surface area contributed by atoms with E-state index in [1.807, 2.05) is 0 Å². The van der Waals surface area contributed by atoms with Crippen LogP contribution in [0.2, 0.25) is 0 Å². The maximum atomic E-state index is 10.2. The number of hydrogen-bond donors (Lipinski definition) is 4. The topological polar surface area (TPSA) is 95.6 Å². The number of rotatable bonds is 4. The van der Waals surface area contributed by atoms with Gasteiger partial charge in [-0.1, -0.05) is 6.07 Å². The summed E-state index contributed by atoms with van der Waals surface area (Å²) in [6.07, 6.45) is -0.337. The first-order chi connectivity index (χ1) is 6.69. The summed E-state index contributed by atoms with van der Waals surface area (Å²) >= 11 is 0. The van der Waals surface area contributed by atoms with Gasteiger partial charge < -0.3 is 21.3 Å². The van der Waals surface area contributed by atoms with Crippen LogP contribution in [0.15, 0.2) is 18.2 Å². The van der Waals surface area contributed by atoms with E-state index in [2.05, 4.69) is 5.32 Å². The quantitative estimate of drug-likeness (QED) is 0.401. The molecule has 5 heteroatoms. The number of aliphatic hydroxyl groups is 1. The monoisotopic (exact) mass is 196 g/mol. The van der Waals surface area contributed by atoms with Crippen LogP contribution in [0.3, 0.4) is 0 Å². The SMILES string of the molecule is NCC(O)c1ccc(O)c(NC=O)c1. The number of carbonyl (C=O) groups is 1. The number of phenolic OH excluding ortho intramolecular Hbond substituents is 1. The van der Waals surface area contributed by atoms with E-state index in [9.17, 15) is 15.0 Å². The minimum absolute atomic E-state index is 0.0509. The number of amides is 1. The van der Waals surface area contributed by atoms with E-state index in [4.69, 9.17) is 5.73 Å². The van der Waals surface area contributed by atoms with Gasteiger partial charge in [0.05, 0.1) is 11.8 Å². The summed E-state index contributed by atoms with van der Waals surface area (Å²) in [5, 5.41) is 21.0. The lowest BCUT2D eigenvalue weighted by Gasteiger charge is -2.10. The van der Waals surface area contributed by atoms with E-state index >= 15 is 0 Å². The Labute approximate surface area is 81.2 Å². The molecule has 0 heterocycles. The lowest BCUT2D eigenvalue weighted by atomic mass is 10.1. The number of anilines is 1. The second kappa shape index (κ2) is 4.59. The van der Waals surface area contributed by atoms with Gasteiger partial charge in [-0.25, -0.2) is 0 Å². The van der Waals surface area contributed by atoms with E-state index in [0.29, 0.717) is 12.0 Å². The normalized spacial score (nSPS) is 12.1. The zero-order valence-corrected chi connectivity index (χ0v) is 7.47. The van der Waals surface area contributed by atoms with Gasteiger partial charge in [0.1, 0.15) is 5.75 Å². The summed E-state index contributed by atoms with van der Waals surface area (Å²) in [6, 6.07) is 4.41. The predicted octanol–water partition coefficient (Wildman–Crippen LogP) is -0.0474. The molecule has 0 aliphatic rings. The maximum Gasteiger partial charge on any atom is 0.211 e. The van der Waals surface area contributed by atoms with Gasteiger partial charge in [0.2, 0.25) is 6.41 Å². The van der Waals surface area contributed by atoms with Gasteiger partial charge in [0.15, 0.2) is 0 Å². The molecular formula is C9H12N2O3. The highest BCUT2D eigenvalue weighted by Crippen LogP contribution is 2.26. The number of nitrogens with one attached hydrogen (secondary N) is 1. The highest BCUT2D eigenvalue weighted by Gasteiger charge is 2.08. The van der Waals surface area contributed by atoms with Crippen molar-refractivity contribution >= 4 is 12.1 Å². The van der Waals surface area contributed by atoms with Crippen molar-refractivity contribution in [2.75, 3.05) is 11.9 Å². The largest absolute Gasteiger partial charge is 0.506 e. The molecule has 0 aromatic heterocycles. The van der Waals surface area contributed by atoms with Crippen LogP contribution in [0.4, 0.5) is 5.69 Å². The first-order valence-electron chi connectivity index (χ1n) is 4.10. The Kier molecular flexibility index (Phi) is 3.44. The fraction of sp³-hybridized carbons (Fsp3) is 0.222. The van der Waals surface area contributed by atoms with Crippen molar-refractivity contribution < 1.29 is 15.0 Å². The first kappa shape index (κ1) is 10.5. The molecule has 1 aromatic carbocycles. The second-order valence-electron chi connectivity index (χ2n) is 2.79. The Balaban J connectivity index is 2.99. The zero-order chi connectivity index (χ0) is 10.6. The van der Waals surface area contributed by atoms with Crippen molar-refractivity contribution in [2.24, 2.45) is 5.73 Å². The molecule has 0 spiro atoms. The summed E-state index contributed by atoms with van der Waals surface area (Å²) in [6.45, 7) is 0.0886. The number of hydrogen-bond acceptors (Lipinski definition) is 4. The Hall–Kier alpha value is -1.59. The van der Waals surface area contributed by atoms with Gasteiger partial charge >= 0.3 is 0 Å².